The van der Waals surface area contributed by atoms with Crippen molar-refractivity contribution in [1.29, 1.82) is 0 Å². The topological polar surface area (TPSA) is 12.0 Å². The lowest BCUT2D eigenvalue weighted by molar-refractivity contribution is 0.447. The summed E-state index contributed by atoms with van der Waals surface area (Å²) in [5.74, 6) is 0.495. The van der Waals surface area contributed by atoms with Gasteiger partial charge >= 0.3 is 0 Å². The predicted octanol–water partition coefficient (Wildman–Crippen LogP) is 4.68. The molecule has 0 spiro atoms. The number of halogens is 2. The number of hydrogen-bond donors (Lipinski definition) is 1. The van der Waals surface area contributed by atoms with E-state index in [9.17, 15) is 4.39 Å². The number of nitrogens with one attached hydrogen (secondary N) is 1. The number of rotatable bonds is 6. The summed E-state index contributed by atoms with van der Waals surface area (Å²) in [6.07, 6.45) is 2.25. The minimum atomic E-state index is -0.195. The fourth-order valence-electron chi connectivity index (χ4n) is 1.90. The third-order valence-corrected chi connectivity index (χ3v) is 3.51. The van der Waals surface area contributed by atoms with Gasteiger partial charge in [-0.1, -0.05) is 42.8 Å². The van der Waals surface area contributed by atoms with E-state index in [-0.39, 0.29) is 5.82 Å². The molecule has 96 valence electrons. The van der Waals surface area contributed by atoms with Crippen LogP contribution in [-0.2, 0) is 0 Å². The SMILES string of the molecule is CCNC(CCC(C)C)c1ccc(F)cc1Br. The molecule has 0 saturated heterocycles. The van der Waals surface area contributed by atoms with Crippen molar-refractivity contribution in [1.82, 2.24) is 5.32 Å². The van der Waals surface area contributed by atoms with Crippen LogP contribution >= 0.6 is 15.9 Å². The fourth-order valence-corrected chi connectivity index (χ4v) is 2.53. The minimum absolute atomic E-state index is 0.195. The second kappa shape index (κ2) is 7.12. The maximum atomic E-state index is 13.1. The van der Waals surface area contributed by atoms with Crippen LogP contribution in [0.1, 0.15) is 45.2 Å². The first-order chi connectivity index (χ1) is 8.04. The van der Waals surface area contributed by atoms with E-state index in [0.29, 0.717) is 12.0 Å². The third-order valence-electron chi connectivity index (χ3n) is 2.82. The van der Waals surface area contributed by atoms with Crippen molar-refractivity contribution >= 4 is 15.9 Å². The van der Waals surface area contributed by atoms with Crippen LogP contribution in [0.4, 0.5) is 4.39 Å². The molecule has 3 heteroatoms. The Morgan fingerprint density at radius 1 is 1.29 bits per heavy atom. The quantitative estimate of drug-likeness (QED) is 0.805. The lowest BCUT2D eigenvalue weighted by Gasteiger charge is -2.20. The van der Waals surface area contributed by atoms with Crippen LogP contribution in [0.15, 0.2) is 22.7 Å². The van der Waals surface area contributed by atoms with Crippen molar-refractivity contribution in [3.63, 3.8) is 0 Å². The van der Waals surface area contributed by atoms with E-state index in [4.69, 9.17) is 0 Å². The Labute approximate surface area is 112 Å². The molecule has 0 saturated carbocycles. The number of benzene rings is 1. The molecule has 1 nitrogen and oxygen atoms in total. The van der Waals surface area contributed by atoms with Crippen LogP contribution in [0.3, 0.4) is 0 Å². The average Bonchev–Trinajstić information content (AvgIpc) is 2.24. The summed E-state index contributed by atoms with van der Waals surface area (Å²) < 4.78 is 13.9. The Morgan fingerprint density at radius 2 is 2.00 bits per heavy atom. The normalized spacial score (nSPS) is 13.1. The van der Waals surface area contributed by atoms with Crippen LogP contribution < -0.4 is 5.32 Å². The zero-order valence-corrected chi connectivity index (χ0v) is 12.3. The van der Waals surface area contributed by atoms with Gasteiger partial charge in [-0.05, 0) is 43.0 Å². The zero-order valence-electron chi connectivity index (χ0n) is 10.8. The van der Waals surface area contributed by atoms with Gasteiger partial charge in [0, 0.05) is 10.5 Å². The second-order valence-electron chi connectivity index (χ2n) is 4.75. The van der Waals surface area contributed by atoms with Crippen LogP contribution in [0, 0.1) is 11.7 Å². The van der Waals surface area contributed by atoms with Crippen LogP contribution in [-0.4, -0.2) is 6.54 Å². The lowest BCUT2D eigenvalue weighted by atomic mass is 9.97. The van der Waals surface area contributed by atoms with Gasteiger partial charge in [0.05, 0.1) is 0 Å². The molecule has 0 amide bonds. The van der Waals surface area contributed by atoms with E-state index in [1.807, 2.05) is 6.07 Å². The van der Waals surface area contributed by atoms with E-state index in [1.165, 1.54) is 18.6 Å². The summed E-state index contributed by atoms with van der Waals surface area (Å²) in [4.78, 5) is 0. The van der Waals surface area contributed by atoms with Gasteiger partial charge in [-0.15, -0.1) is 0 Å². The van der Waals surface area contributed by atoms with Crippen molar-refractivity contribution in [3.05, 3.63) is 34.1 Å². The van der Waals surface area contributed by atoms with Gasteiger partial charge in [-0.3, -0.25) is 0 Å². The molecule has 0 fully saturated rings. The highest BCUT2D eigenvalue weighted by molar-refractivity contribution is 9.10. The first-order valence-electron chi connectivity index (χ1n) is 6.23. The first-order valence-corrected chi connectivity index (χ1v) is 7.02. The van der Waals surface area contributed by atoms with Crippen molar-refractivity contribution in [3.8, 4) is 0 Å². The standard InChI is InChI=1S/C14H21BrFN/c1-4-17-14(8-5-10(2)3)12-7-6-11(16)9-13(12)15/h6-7,9-10,14,17H,4-5,8H2,1-3H3. The maximum Gasteiger partial charge on any atom is 0.124 e. The Hall–Kier alpha value is -0.410. The minimum Gasteiger partial charge on any atom is -0.310 e. The first kappa shape index (κ1) is 14.7. The fraction of sp³-hybridized carbons (Fsp3) is 0.571. The Kier molecular flexibility index (Phi) is 6.14. The molecule has 0 aliphatic carbocycles. The molecule has 1 atom stereocenters. The largest absolute Gasteiger partial charge is 0.310 e. The highest BCUT2D eigenvalue weighted by Crippen LogP contribution is 2.28. The van der Waals surface area contributed by atoms with Gasteiger partial charge in [0.15, 0.2) is 0 Å². The molecule has 1 aromatic carbocycles. The van der Waals surface area contributed by atoms with E-state index in [2.05, 4.69) is 42.0 Å². The monoisotopic (exact) mass is 301 g/mol. The van der Waals surface area contributed by atoms with Gasteiger partial charge in [-0.2, -0.15) is 0 Å². The van der Waals surface area contributed by atoms with Crippen LogP contribution in [0.25, 0.3) is 0 Å². The van der Waals surface area contributed by atoms with Crippen molar-refractivity contribution in [2.24, 2.45) is 5.92 Å². The highest BCUT2D eigenvalue weighted by atomic mass is 79.9. The van der Waals surface area contributed by atoms with Gasteiger partial charge in [0.2, 0.25) is 0 Å². The highest BCUT2D eigenvalue weighted by Gasteiger charge is 2.14. The molecule has 0 aliphatic rings. The summed E-state index contributed by atoms with van der Waals surface area (Å²) >= 11 is 3.44. The van der Waals surface area contributed by atoms with E-state index in [0.717, 1.165) is 23.0 Å². The van der Waals surface area contributed by atoms with Crippen molar-refractivity contribution < 1.29 is 4.39 Å². The van der Waals surface area contributed by atoms with E-state index in [1.54, 1.807) is 0 Å². The van der Waals surface area contributed by atoms with Gasteiger partial charge in [0.25, 0.3) is 0 Å². The van der Waals surface area contributed by atoms with Gasteiger partial charge < -0.3 is 5.32 Å². The molecule has 0 bridgehead atoms. The molecule has 0 aromatic heterocycles. The molecule has 0 aliphatic heterocycles. The van der Waals surface area contributed by atoms with Crippen LogP contribution in [0.5, 0.6) is 0 Å². The number of hydrogen-bond acceptors (Lipinski definition) is 1. The Morgan fingerprint density at radius 3 is 2.53 bits per heavy atom. The second-order valence-corrected chi connectivity index (χ2v) is 5.60. The molecule has 1 unspecified atom stereocenters. The average molecular weight is 302 g/mol. The van der Waals surface area contributed by atoms with E-state index >= 15 is 0 Å². The molecule has 0 heterocycles. The molecule has 17 heavy (non-hydrogen) atoms. The predicted molar refractivity (Wildman–Crippen MR) is 74.6 cm³/mol. The summed E-state index contributed by atoms with van der Waals surface area (Å²) in [6, 6.07) is 5.24. The maximum absolute atomic E-state index is 13.1. The molecular formula is C14H21BrFN. The van der Waals surface area contributed by atoms with Crippen LogP contribution in [0.2, 0.25) is 0 Å². The van der Waals surface area contributed by atoms with Gasteiger partial charge in [0.1, 0.15) is 5.82 Å². The molecule has 0 radical (unpaired) electrons. The van der Waals surface area contributed by atoms with Crippen molar-refractivity contribution in [2.75, 3.05) is 6.54 Å². The molecule has 1 rings (SSSR count). The lowest BCUT2D eigenvalue weighted by Crippen LogP contribution is -2.21. The summed E-state index contributed by atoms with van der Waals surface area (Å²) in [5, 5.41) is 3.46. The van der Waals surface area contributed by atoms with E-state index < -0.39 is 0 Å². The third kappa shape index (κ3) is 4.76. The Bertz CT molecular complexity index is 352. The molecule has 1 N–H and O–H groups in total. The van der Waals surface area contributed by atoms with Crippen molar-refractivity contribution in [2.45, 2.75) is 39.7 Å². The van der Waals surface area contributed by atoms with Gasteiger partial charge in [-0.25, -0.2) is 4.39 Å². The zero-order chi connectivity index (χ0) is 12.8. The Balaban J connectivity index is 2.81. The smallest absolute Gasteiger partial charge is 0.124 e. The molecular weight excluding hydrogens is 281 g/mol. The summed E-state index contributed by atoms with van der Waals surface area (Å²) in [5.41, 5.74) is 1.15. The molecule has 1 aromatic rings. The summed E-state index contributed by atoms with van der Waals surface area (Å²) in [6.45, 7) is 7.47. The summed E-state index contributed by atoms with van der Waals surface area (Å²) in [7, 11) is 0.